The molecule has 2 aliphatic heterocycles. The lowest BCUT2D eigenvalue weighted by Gasteiger charge is -2.33. The Morgan fingerprint density at radius 1 is 1.15 bits per heavy atom. The summed E-state index contributed by atoms with van der Waals surface area (Å²) in [6, 6.07) is 10.7. The van der Waals surface area contributed by atoms with Crippen molar-refractivity contribution in [1.29, 1.82) is 0 Å². The van der Waals surface area contributed by atoms with Gasteiger partial charge < -0.3 is 9.15 Å². The van der Waals surface area contributed by atoms with Crippen molar-refractivity contribution in [1.82, 2.24) is 9.21 Å². The highest BCUT2D eigenvalue weighted by atomic mass is 32.2. The number of likely N-dealkylation sites (tertiary alicyclic amines) is 1. The maximum Gasteiger partial charge on any atom is 0.247 e. The average molecular weight is 376 g/mol. The molecule has 3 heterocycles. The minimum atomic E-state index is -3.58. The molecule has 0 bridgehead atoms. The highest BCUT2D eigenvalue weighted by Crippen LogP contribution is 2.39. The average Bonchev–Trinajstić information content (AvgIpc) is 3.21. The van der Waals surface area contributed by atoms with E-state index in [0.717, 1.165) is 18.7 Å². The molecule has 0 N–H and O–H groups in total. The Morgan fingerprint density at radius 3 is 2.69 bits per heavy atom. The van der Waals surface area contributed by atoms with Gasteiger partial charge in [0.05, 0.1) is 19.4 Å². The van der Waals surface area contributed by atoms with E-state index < -0.39 is 15.6 Å². The van der Waals surface area contributed by atoms with E-state index in [0.29, 0.717) is 25.4 Å². The molecule has 1 fully saturated rings. The zero-order valence-corrected chi connectivity index (χ0v) is 15.9. The van der Waals surface area contributed by atoms with E-state index in [1.807, 2.05) is 32.0 Å². The normalized spacial score (nSPS) is 26.0. The Balaban J connectivity index is 1.68. The van der Waals surface area contributed by atoms with Gasteiger partial charge in [0.15, 0.2) is 0 Å². The van der Waals surface area contributed by atoms with Crippen LogP contribution >= 0.6 is 0 Å². The Kier molecular flexibility index (Phi) is 4.33. The van der Waals surface area contributed by atoms with Gasteiger partial charge in [0.25, 0.3) is 0 Å². The SMILES string of the molecule is CC(C)N1CC2(CCN(Cc3ccco3)C2)Oc2ccccc2S1(=O)=O. The third kappa shape index (κ3) is 3.04. The van der Waals surface area contributed by atoms with E-state index in [9.17, 15) is 8.42 Å². The van der Waals surface area contributed by atoms with Gasteiger partial charge in [0.2, 0.25) is 10.0 Å². The Morgan fingerprint density at radius 2 is 1.96 bits per heavy atom. The molecule has 2 aromatic rings. The third-order valence-electron chi connectivity index (χ3n) is 5.14. The molecule has 1 saturated heterocycles. The first kappa shape index (κ1) is 17.6. The largest absolute Gasteiger partial charge is 0.483 e. The van der Waals surface area contributed by atoms with Crippen LogP contribution in [0.5, 0.6) is 5.75 Å². The minimum absolute atomic E-state index is 0.134. The van der Waals surface area contributed by atoms with Gasteiger partial charge in [-0.05, 0) is 38.1 Å². The fourth-order valence-electron chi connectivity index (χ4n) is 3.87. The molecule has 1 spiro atoms. The van der Waals surface area contributed by atoms with Gasteiger partial charge in [-0.3, -0.25) is 4.90 Å². The molecular formula is C19H24N2O4S. The van der Waals surface area contributed by atoms with Gasteiger partial charge in [-0.25, -0.2) is 8.42 Å². The van der Waals surface area contributed by atoms with Crippen LogP contribution in [-0.2, 0) is 16.6 Å². The third-order valence-corrected chi connectivity index (χ3v) is 7.20. The molecule has 4 rings (SSSR count). The van der Waals surface area contributed by atoms with Gasteiger partial charge in [-0.1, -0.05) is 12.1 Å². The first-order valence-electron chi connectivity index (χ1n) is 8.94. The number of para-hydroxylation sites is 1. The van der Waals surface area contributed by atoms with Crippen LogP contribution in [0.1, 0.15) is 26.0 Å². The van der Waals surface area contributed by atoms with Crippen LogP contribution in [0.15, 0.2) is 52.0 Å². The van der Waals surface area contributed by atoms with Crippen LogP contribution in [0, 0.1) is 0 Å². The van der Waals surface area contributed by atoms with E-state index in [1.165, 1.54) is 0 Å². The minimum Gasteiger partial charge on any atom is -0.483 e. The predicted octanol–water partition coefficient (Wildman–Crippen LogP) is 2.72. The van der Waals surface area contributed by atoms with Gasteiger partial charge in [0.1, 0.15) is 22.0 Å². The van der Waals surface area contributed by atoms with Crippen molar-refractivity contribution >= 4 is 10.0 Å². The maximum absolute atomic E-state index is 13.2. The molecule has 0 amide bonds. The molecule has 0 aliphatic carbocycles. The van der Waals surface area contributed by atoms with Gasteiger partial charge >= 0.3 is 0 Å². The van der Waals surface area contributed by atoms with E-state index in [1.54, 1.807) is 28.8 Å². The quantitative estimate of drug-likeness (QED) is 0.824. The Labute approximate surface area is 154 Å². The summed E-state index contributed by atoms with van der Waals surface area (Å²) in [5.41, 5.74) is -0.545. The van der Waals surface area contributed by atoms with Crippen LogP contribution in [0.25, 0.3) is 0 Å². The number of benzene rings is 1. The topological polar surface area (TPSA) is 63.0 Å². The molecule has 1 aromatic carbocycles. The lowest BCUT2D eigenvalue weighted by molar-refractivity contribution is 0.0526. The lowest BCUT2D eigenvalue weighted by Crippen LogP contribution is -2.51. The Bertz CT molecular complexity index is 879. The predicted molar refractivity (Wildman–Crippen MR) is 97.4 cm³/mol. The standard InChI is InChI=1S/C19H24N2O4S/c1-15(2)21-14-19(9-10-20(13-19)12-16-6-5-11-24-16)25-17-7-3-4-8-18(17)26(21,22)23/h3-8,11,15H,9-10,12-14H2,1-2H3. The number of rotatable bonds is 3. The van der Waals surface area contributed by atoms with E-state index in [4.69, 9.17) is 9.15 Å². The highest BCUT2D eigenvalue weighted by molar-refractivity contribution is 7.89. The van der Waals surface area contributed by atoms with Crippen LogP contribution in [0.2, 0.25) is 0 Å². The van der Waals surface area contributed by atoms with Crippen LogP contribution in [0.3, 0.4) is 0 Å². The summed E-state index contributed by atoms with van der Waals surface area (Å²) in [4.78, 5) is 2.52. The van der Waals surface area contributed by atoms with Crippen molar-refractivity contribution in [3.05, 3.63) is 48.4 Å². The summed E-state index contributed by atoms with van der Waals surface area (Å²) < 4.78 is 39.7. The number of nitrogens with zero attached hydrogens (tertiary/aromatic N) is 2. The Hall–Kier alpha value is -1.83. The molecule has 26 heavy (non-hydrogen) atoms. The summed E-state index contributed by atoms with van der Waals surface area (Å²) in [5, 5.41) is 0. The monoisotopic (exact) mass is 376 g/mol. The van der Waals surface area contributed by atoms with Crippen molar-refractivity contribution in [2.24, 2.45) is 0 Å². The van der Waals surface area contributed by atoms with Crippen LogP contribution in [0.4, 0.5) is 0 Å². The second kappa shape index (κ2) is 6.40. The molecule has 0 radical (unpaired) electrons. The van der Waals surface area contributed by atoms with E-state index in [2.05, 4.69) is 4.90 Å². The lowest BCUT2D eigenvalue weighted by atomic mass is 10.0. The second-order valence-electron chi connectivity index (χ2n) is 7.42. The van der Waals surface area contributed by atoms with Crippen molar-refractivity contribution in [3.63, 3.8) is 0 Å². The fraction of sp³-hybridized carbons (Fsp3) is 0.474. The van der Waals surface area contributed by atoms with Gasteiger partial charge in [0, 0.05) is 25.6 Å². The van der Waals surface area contributed by atoms with Gasteiger partial charge in [-0.2, -0.15) is 4.31 Å². The molecule has 7 heteroatoms. The zero-order valence-electron chi connectivity index (χ0n) is 15.1. The number of hydrogen-bond acceptors (Lipinski definition) is 5. The van der Waals surface area contributed by atoms with Crippen molar-refractivity contribution in [3.8, 4) is 5.75 Å². The van der Waals surface area contributed by atoms with Crippen molar-refractivity contribution in [2.45, 2.75) is 43.4 Å². The van der Waals surface area contributed by atoms with E-state index in [-0.39, 0.29) is 10.9 Å². The molecule has 1 unspecified atom stereocenters. The second-order valence-corrected chi connectivity index (χ2v) is 9.27. The summed E-state index contributed by atoms with van der Waals surface area (Å²) in [6.45, 7) is 6.39. The number of furan rings is 1. The molecule has 2 aliphatic rings. The first-order chi connectivity index (χ1) is 12.4. The summed E-state index contributed by atoms with van der Waals surface area (Å²) >= 11 is 0. The van der Waals surface area contributed by atoms with Gasteiger partial charge in [-0.15, -0.1) is 0 Å². The zero-order chi connectivity index (χ0) is 18.4. The van der Waals surface area contributed by atoms with Crippen molar-refractivity contribution < 1.29 is 17.6 Å². The van der Waals surface area contributed by atoms with Crippen LogP contribution < -0.4 is 4.74 Å². The molecule has 1 aromatic heterocycles. The first-order valence-corrected chi connectivity index (χ1v) is 10.4. The summed E-state index contributed by atoms with van der Waals surface area (Å²) in [5.74, 6) is 1.36. The summed E-state index contributed by atoms with van der Waals surface area (Å²) in [6.07, 6.45) is 2.45. The number of sulfonamides is 1. The molecule has 0 saturated carbocycles. The molecular weight excluding hydrogens is 352 g/mol. The molecule has 6 nitrogen and oxygen atoms in total. The van der Waals surface area contributed by atoms with Crippen molar-refractivity contribution in [2.75, 3.05) is 19.6 Å². The molecule has 1 atom stereocenters. The summed E-state index contributed by atoms with van der Waals surface area (Å²) in [7, 11) is -3.58. The smallest absolute Gasteiger partial charge is 0.247 e. The number of hydrogen-bond donors (Lipinski definition) is 0. The van der Waals surface area contributed by atoms with Crippen LogP contribution in [-0.4, -0.2) is 48.9 Å². The van der Waals surface area contributed by atoms with E-state index >= 15 is 0 Å². The molecule has 140 valence electrons. The maximum atomic E-state index is 13.2. The number of fused-ring (bicyclic) bond motifs is 1. The fourth-order valence-corrected chi connectivity index (χ4v) is 5.69. The highest BCUT2D eigenvalue weighted by Gasteiger charge is 2.48. The number of ether oxygens (including phenoxy) is 1.